The number of halogens is 2. The van der Waals surface area contributed by atoms with Crippen molar-refractivity contribution in [2.24, 2.45) is 5.73 Å². The zero-order valence-corrected chi connectivity index (χ0v) is 10.00. The van der Waals surface area contributed by atoms with Gasteiger partial charge in [-0.3, -0.25) is 0 Å². The maximum absolute atomic E-state index is 10.5. The Balaban J connectivity index is 2.95. The van der Waals surface area contributed by atoms with Gasteiger partial charge < -0.3 is 15.6 Å². The number of hydrogen-bond acceptors (Lipinski definition) is 3. The Morgan fingerprint density at radius 1 is 1.44 bits per heavy atom. The minimum absolute atomic E-state index is 0.305. The Bertz CT molecular complexity index is 377. The van der Waals surface area contributed by atoms with Gasteiger partial charge in [-0.15, -0.1) is 0 Å². The molecule has 1 amide bonds. The van der Waals surface area contributed by atoms with Gasteiger partial charge in [0.1, 0.15) is 12.2 Å². The molecule has 1 rings (SSSR count). The van der Waals surface area contributed by atoms with Crippen LogP contribution in [0.2, 0.25) is 10.0 Å². The number of ether oxygens (including phenoxy) is 1. The van der Waals surface area contributed by atoms with Crippen molar-refractivity contribution in [2.45, 2.75) is 19.1 Å². The summed E-state index contributed by atoms with van der Waals surface area (Å²) in [7, 11) is 0. The summed E-state index contributed by atoms with van der Waals surface area (Å²) in [6.45, 7) is 1.50. The van der Waals surface area contributed by atoms with Crippen molar-refractivity contribution in [3.8, 4) is 0 Å². The van der Waals surface area contributed by atoms with Gasteiger partial charge in [-0.2, -0.15) is 0 Å². The van der Waals surface area contributed by atoms with Gasteiger partial charge in [-0.25, -0.2) is 4.79 Å². The van der Waals surface area contributed by atoms with E-state index in [9.17, 15) is 9.90 Å². The van der Waals surface area contributed by atoms with Crippen LogP contribution in [0.25, 0.3) is 0 Å². The molecule has 0 fully saturated rings. The molecule has 16 heavy (non-hydrogen) atoms. The van der Waals surface area contributed by atoms with Crippen LogP contribution >= 0.6 is 23.2 Å². The predicted molar refractivity (Wildman–Crippen MR) is 61.6 cm³/mol. The van der Waals surface area contributed by atoms with Gasteiger partial charge in [0.2, 0.25) is 0 Å². The number of amides is 1. The molecule has 0 spiro atoms. The largest absolute Gasteiger partial charge is 0.444 e. The highest BCUT2D eigenvalue weighted by Crippen LogP contribution is 2.32. The van der Waals surface area contributed by atoms with Crippen molar-refractivity contribution in [3.63, 3.8) is 0 Å². The standard InChI is InChI=1S/C10H11Cl2NO3/c1-5(16-10(13)15)9(14)8-6(11)3-2-4-7(8)12/h2-5,9,14H,1H3,(H2,13,15). The average Bonchev–Trinajstić information content (AvgIpc) is 2.16. The van der Waals surface area contributed by atoms with Crippen LogP contribution in [0.15, 0.2) is 18.2 Å². The third-order valence-electron chi connectivity index (χ3n) is 2.04. The minimum atomic E-state index is -1.12. The fraction of sp³-hybridized carbons (Fsp3) is 0.300. The second-order valence-electron chi connectivity index (χ2n) is 3.22. The third kappa shape index (κ3) is 3.01. The molecule has 0 aliphatic heterocycles. The molecule has 0 saturated carbocycles. The third-order valence-corrected chi connectivity index (χ3v) is 2.70. The second kappa shape index (κ2) is 5.39. The highest BCUT2D eigenvalue weighted by Gasteiger charge is 2.23. The van der Waals surface area contributed by atoms with Gasteiger partial charge in [0.15, 0.2) is 0 Å². The smallest absolute Gasteiger partial charge is 0.404 e. The molecule has 2 unspecified atom stereocenters. The predicted octanol–water partition coefficient (Wildman–Crippen LogP) is 2.51. The number of primary amides is 1. The van der Waals surface area contributed by atoms with E-state index >= 15 is 0 Å². The number of aliphatic hydroxyl groups is 1. The summed E-state index contributed by atoms with van der Waals surface area (Å²) >= 11 is 11.8. The quantitative estimate of drug-likeness (QED) is 0.880. The average molecular weight is 264 g/mol. The highest BCUT2D eigenvalue weighted by atomic mass is 35.5. The SMILES string of the molecule is CC(OC(N)=O)C(O)c1c(Cl)cccc1Cl. The Hall–Kier alpha value is -0.970. The van der Waals surface area contributed by atoms with Gasteiger partial charge in [-0.05, 0) is 19.1 Å². The fourth-order valence-corrected chi connectivity index (χ4v) is 1.90. The van der Waals surface area contributed by atoms with Gasteiger partial charge in [0, 0.05) is 15.6 Å². The summed E-state index contributed by atoms with van der Waals surface area (Å²) in [5.41, 5.74) is 5.17. The van der Waals surface area contributed by atoms with E-state index < -0.39 is 18.3 Å². The van der Waals surface area contributed by atoms with Gasteiger partial charge >= 0.3 is 6.09 Å². The summed E-state index contributed by atoms with van der Waals surface area (Å²) in [6.07, 6.45) is -2.90. The number of carbonyl (C=O) groups excluding carboxylic acids is 1. The fourth-order valence-electron chi connectivity index (χ4n) is 1.28. The van der Waals surface area contributed by atoms with Crippen molar-refractivity contribution < 1.29 is 14.6 Å². The van der Waals surface area contributed by atoms with E-state index in [4.69, 9.17) is 28.9 Å². The second-order valence-corrected chi connectivity index (χ2v) is 4.04. The lowest BCUT2D eigenvalue weighted by Crippen LogP contribution is -2.26. The lowest BCUT2D eigenvalue weighted by Gasteiger charge is -2.20. The van der Waals surface area contributed by atoms with Crippen LogP contribution in [0.1, 0.15) is 18.6 Å². The molecule has 1 aromatic rings. The van der Waals surface area contributed by atoms with E-state index in [-0.39, 0.29) is 0 Å². The summed E-state index contributed by atoms with van der Waals surface area (Å²) in [4.78, 5) is 10.5. The van der Waals surface area contributed by atoms with Gasteiger partial charge in [0.05, 0.1) is 0 Å². The van der Waals surface area contributed by atoms with Crippen LogP contribution in [0.4, 0.5) is 4.79 Å². The molecule has 0 heterocycles. The molecule has 88 valence electrons. The van der Waals surface area contributed by atoms with Crippen LogP contribution in [-0.2, 0) is 4.74 Å². The van der Waals surface area contributed by atoms with Crippen molar-refractivity contribution in [3.05, 3.63) is 33.8 Å². The monoisotopic (exact) mass is 263 g/mol. The Kier molecular flexibility index (Phi) is 4.41. The van der Waals surface area contributed by atoms with E-state index in [1.807, 2.05) is 0 Å². The van der Waals surface area contributed by atoms with Crippen molar-refractivity contribution in [1.82, 2.24) is 0 Å². The number of carbonyl (C=O) groups is 1. The topological polar surface area (TPSA) is 72.5 Å². The van der Waals surface area contributed by atoms with Gasteiger partial charge in [0.25, 0.3) is 0 Å². The Labute approximate surface area is 103 Å². The molecule has 0 aliphatic rings. The molecule has 1 aromatic carbocycles. The highest BCUT2D eigenvalue weighted by molar-refractivity contribution is 6.36. The Morgan fingerprint density at radius 2 is 1.94 bits per heavy atom. The molecule has 0 bridgehead atoms. The zero-order valence-electron chi connectivity index (χ0n) is 8.48. The molecule has 3 N–H and O–H groups in total. The lowest BCUT2D eigenvalue weighted by molar-refractivity contribution is 0.0159. The van der Waals surface area contributed by atoms with E-state index in [1.54, 1.807) is 18.2 Å². The summed E-state index contributed by atoms with van der Waals surface area (Å²) in [5.74, 6) is 0. The van der Waals surface area contributed by atoms with Crippen LogP contribution in [-0.4, -0.2) is 17.3 Å². The maximum atomic E-state index is 10.5. The number of nitrogens with two attached hydrogens (primary N) is 1. The summed E-state index contributed by atoms with van der Waals surface area (Å²) in [6, 6.07) is 4.83. The molecule has 6 heteroatoms. The van der Waals surface area contributed by atoms with Crippen molar-refractivity contribution in [2.75, 3.05) is 0 Å². The Morgan fingerprint density at radius 3 is 2.38 bits per heavy atom. The minimum Gasteiger partial charge on any atom is -0.444 e. The van der Waals surface area contributed by atoms with E-state index in [2.05, 4.69) is 4.74 Å². The van der Waals surface area contributed by atoms with Crippen LogP contribution in [0, 0.1) is 0 Å². The molecule has 0 aliphatic carbocycles. The van der Waals surface area contributed by atoms with Crippen molar-refractivity contribution >= 4 is 29.3 Å². The zero-order chi connectivity index (χ0) is 12.3. The molecule has 0 saturated heterocycles. The molecular formula is C10H11Cl2NO3. The molecule has 2 atom stereocenters. The van der Waals surface area contributed by atoms with E-state index in [0.717, 1.165) is 0 Å². The number of aliphatic hydroxyl groups excluding tert-OH is 1. The molecule has 0 aromatic heterocycles. The lowest BCUT2D eigenvalue weighted by atomic mass is 10.1. The first-order valence-corrected chi connectivity index (χ1v) is 5.27. The van der Waals surface area contributed by atoms with Crippen LogP contribution < -0.4 is 5.73 Å². The maximum Gasteiger partial charge on any atom is 0.404 e. The summed E-state index contributed by atoms with van der Waals surface area (Å²) in [5, 5.41) is 10.5. The molecular weight excluding hydrogens is 253 g/mol. The number of benzene rings is 1. The first-order valence-electron chi connectivity index (χ1n) is 4.51. The van der Waals surface area contributed by atoms with E-state index in [1.165, 1.54) is 6.92 Å². The van der Waals surface area contributed by atoms with E-state index in [0.29, 0.717) is 15.6 Å². The first kappa shape index (κ1) is 13.1. The summed E-state index contributed by atoms with van der Waals surface area (Å²) < 4.78 is 4.65. The van der Waals surface area contributed by atoms with Crippen LogP contribution in [0.3, 0.4) is 0 Å². The van der Waals surface area contributed by atoms with Crippen molar-refractivity contribution in [1.29, 1.82) is 0 Å². The van der Waals surface area contributed by atoms with Gasteiger partial charge in [-0.1, -0.05) is 29.3 Å². The number of hydrogen-bond donors (Lipinski definition) is 2. The van der Waals surface area contributed by atoms with Crippen LogP contribution in [0.5, 0.6) is 0 Å². The normalized spacial score (nSPS) is 14.2. The molecule has 0 radical (unpaired) electrons. The molecule has 4 nitrogen and oxygen atoms in total. The first-order chi connectivity index (χ1) is 7.43. The number of rotatable bonds is 3.